The van der Waals surface area contributed by atoms with Crippen LogP contribution in [0, 0.1) is 6.92 Å². The Morgan fingerprint density at radius 1 is 1.47 bits per heavy atom. The molecule has 1 aromatic carbocycles. The van der Waals surface area contributed by atoms with Gasteiger partial charge in [-0.25, -0.2) is 8.42 Å². The van der Waals surface area contributed by atoms with Gasteiger partial charge in [-0.3, -0.25) is 0 Å². The van der Waals surface area contributed by atoms with E-state index in [4.69, 9.17) is 20.2 Å². The number of aryl methyl sites for hydroxylation is 1. The van der Waals surface area contributed by atoms with Crippen molar-refractivity contribution < 1.29 is 17.9 Å². The first kappa shape index (κ1) is 14.6. The highest BCUT2D eigenvalue weighted by Crippen LogP contribution is 2.24. The number of benzene rings is 1. The Balaban J connectivity index is 1.92. The fraction of sp³-hybridized carbons (Fsp3) is 0.538. The fourth-order valence-corrected chi connectivity index (χ4v) is 3.36. The van der Waals surface area contributed by atoms with E-state index in [0.717, 1.165) is 25.9 Å². The first-order valence-electron chi connectivity index (χ1n) is 6.26. The summed E-state index contributed by atoms with van der Waals surface area (Å²) < 4.78 is 33.6. The van der Waals surface area contributed by atoms with Gasteiger partial charge in [0.2, 0.25) is 0 Å². The molecular weight excluding hydrogens is 288 g/mol. The molecule has 19 heavy (non-hydrogen) atoms. The molecule has 0 aliphatic carbocycles. The van der Waals surface area contributed by atoms with Crippen LogP contribution in [-0.4, -0.2) is 27.7 Å². The molecule has 2 rings (SSSR count). The van der Waals surface area contributed by atoms with Gasteiger partial charge in [-0.1, -0.05) is 0 Å². The average molecular weight is 305 g/mol. The Morgan fingerprint density at radius 3 is 2.84 bits per heavy atom. The number of hydrogen-bond acceptors (Lipinski definition) is 4. The quantitative estimate of drug-likeness (QED) is 0.785. The van der Waals surface area contributed by atoms with Gasteiger partial charge in [0.25, 0.3) is 9.05 Å². The molecule has 1 heterocycles. The van der Waals surface area contributed by atoms with Crippen molar-refractivity contribution in [2.75, 3.05) is 13.2 Å². The molecule has 6 heteroatoms. The smallest absolute Gasteiger partial charge is 0.261 e. The Morgan fingerprint density at radius 2 is 2.26 bits per heavy atom. The number of hydrogen-bond donors (Lipinski definition) is 0. The van der Waals surface area contributed by atoms with E-state index in [1.165, 1.54) is 6.07 Å². The molecule has 4 nitrogen and oxygen atoms in total. The molecule has 0 bridgehead atoms. The van der Waals surface area contributed by atoms with Crippen LogP contribution in [0.3, 0.4) is 0 Å². The fourth-order valence-electron chi connectivity index (χ4n) is 2.17. The van der Waals surface area contributed by atoms with E-state index in [1.807, 2.05) is 0 Å². The molecule has 0 amide bonds. The summed E-state index contributed by atoms with van der Waals surface area (Å²) in [5, 5.41) is 0. The standard InChI is InChI=1S/C13H17ClO4S/c1-10-9-12(4-5-13(10)19(14,15)16)18-8-6-11-3-2-7-17-11/h4-5,9,11H,2-3,6-8H2,1H3. The topological polar surface area (TPSA) is 52.6 Å². The second-order valence-electron chi connectivity index (χ2n) is 4.64. The van der Waals surface area contributed by atoms with Crippen LogP contribution in [0.15, 0.2) is 23.1 Å². The van der Waals surface area contributed by atoms with Gasteiger partial charge >= 0.3 is 0 Å². The van der Waals surface area contributed by atoms with Crippen molar-refractivity contribution in [1.82, 2.24) is 0 Å². The SMILES string of the molecule is Cc1cc(OCCC2CCCO2)ccc1S(=O)(=O)Cl. The predicted octanol–water partition coefficient (Wildman–Crippen LogP) is 2.87. The third-order valence-corrected chi connectivity index (χ3v) is 4.62. The first-order valence-corrected chi connectivity index (χ1v) is 8.57. The van der Waals surface area contributed by atoms with Crippen LogP contribution < -0.4 is 4.74 Å². The highest BCUT2D eigenvalue weighted by Gasteiger charge is 2.16. The summed E-state index contributed by atoms with van der Waals surface area (Å²) in [5.41, 5.74) is 0.588. The van der Waals surface area contributed by atoms with Crippen molar-refractivity contribution in [2.45, 2.75) is 37.2 Å². The van der Waals surface area contributed by atoms with E-state index in [-0.39, 0.29) is 4.90 Å². The second kappa shape index (κ2) is 6.11. The maximum atomic E-state index is 11.3. The molecule has 1 atom stereocenters. The summed E-state index contributed by atoms with van der Waals surface area (Å²) >= 11 is 0. The Labute approximate surface area is 118 Å². The van der Waals surface area contributed by atoms with Gasteiger partial charge in [-0.05, 0) is 43.5 Å². The molecule has 1 aliphatic heterocycles. The minimum atomic E-state index is -3.69. The molecule has 1 unspecified atom stereocenters. The average Bonchev–Trinajstić information content (AvgIpc) is 2.80. The molecule has 1 aliphatic rings. The lowest BCUT2D eigenvalue weighted by molar-refractivity contribution is 0.0903. The maximum Gasteiger partial charge on any atom is 0.261 e. The minimum absolute atomic E-state index is 0.126. The molecule has 1 aromatic rings. The van der Waals surface area contributed by atoms with E-state index in [2.05, 4.69) is 0 Å². The number of halogens is 1. The maximum absolute atomic E-state index is 11.3. The van der Waals surface area contributed by atoms with Crippen LogP contribution in [0.1, 0.15) is 24.8 Å². The van der Waals surface area contributed by atoms with E-state index < -0.39 is 9.05 Å². The predicted molar refractivity (Wildman–Crippen MR) is 73.3 cm³/mol. The van der Waals surface area contributed by atoms with Crippen LogP contribution in [-0.2, 0) is 13.8 Å². The summed E-state index contributed by atoms with van der Waals surface area (Å²) in [6.45, 7) is 3.10. The molecule has 0 aromatic heterocycles. The van der Waals surface area contributed by atoms with Crippen LogP contribution >= 0.6 is 10.7 Å². The van der Waals surface area contributed by atoms with Gasteiger partial charge in [-0.2, -0.15) is 0 Å². The van der Waals surface area contributed by atoms with Crippen molar-refractivity contribution in [3.63, 3.8) is 0 Å². The third-order valence-electron chi connectivity index (χ3n) is 3.14. The molecule has 0 spiro atoms. The summed E-state index contributed by atoms with van der Waals surface area (Å²) in [6.07, 6.45) is 3.36. The normalized spacial score (nSPS) is 19.6. The van der Waals surface area contributed by atoms with E-state index in [0.29, 0.717) is 24.0 Å². The van der Waals surface area contributed by atoms with Crippen molar-refractivity contribution in [3.05, 3.63) is 23.8 Å². The molecule has 1 fully saturated rings. The van der Waals surface area contributed by atoms with Gasteiger partial charge in [-0.15, -0.1) is 0 Å². The molecular formula is C13H17ClO4S. The molecule has 0 saturated carbocycles. The molecule has 0 radical (unpaired) electrons. The number of rotatable bonds is 5. The van der Waals surface area contributed by atoms with Crippen LogP contribution in [0.25, 0.3) is 0 Å². The van der Waals surface area contributed by atoms with Gasteiger partial charge in [0.15, 0.2) is 0 Å². The zero-order valence-corrected chi connectivity index (χ0v) is 12.3. The van der Waals surface area contributed by atoms with Crippen molar-refractivity contribution >= 4 is 19.7 Å². The summed E-state index contributed by atoms with van der Waals surface area (Å²) in [7, 11) is 1.63. The highest BCUT2D eigenvalue weighted by atomic mass is 35.7. The molecule has 0 N–H and O–H groups in total. The van der Waals surface area contributed by atoms with Crippen molar-refractivity contribution in [2.24, 2.45) is 0 Å². The monoisotopic (exact) mass is 304 g/mol. The molecule has 106 valence electrons. The Bertz CT molecular complexity index is 536. The van der Waals surface area contributed by atoms with Crippen molar-refractivity contribution in [3.8, 4) is 5.75 Å². The summed E-state index contributed by atoms with van der Waals surface area (Å²) in [6, 6.07) is 4.78. The van der Waals surface area contributed by atoms with Gasteiger partial charge < -0.3 is 9.47 Å². The lowest BCUT2D eigenvalue weighted by atomic mass is 10.2. The van der Waals surface area contributed by atoms with Crippen molar-refractivity contribution in [1.29, 1.82) is 0 Å². The van der Waals surface area contributed by atoms with Gasteiger partial charge in [0.05, 0.1) is 17.6 Å². The van der Waals surface area contributed by atoms with E-state index >= 15 is 0 Å². The third kappa shape index (κ3) is 4.09. The number of ether oxygens (including phenoxy) is 2. The first-order chi connectivity index (χ1) is 8.97. The zero-order valence-electron chi connectivity index (χ0n) is 10.8. The van der Waals surface area contributed by atoms with Gasteiger partial charge in [0, 0.05) is 23.7 Å². The zero-order chi connectivity index (χ0) is 13.9. The van der Waals surface area contributed by atoms with Crippen LogP contribution in [0.2, 0.25) is 0 Å². The lowest BCUT2D eigenvalue weighted by Crippen LogP contribution is -2.10. The molecule has 1 saturated heterocycles. The Hall–Kier alpha value is -0.780. The summed E-state index contributed by atoms with van der Waals surface area (Å²) in [5.74, 6) is 0.652. The highest BCUT2D eigenvalue weighted by molar-refractivity contribution is 8.13. The van der Waals surface area contributed by atoms with Crippen LogP contribution in [0.5, 0.6) is 5.75 Å². The second-order valence-corrected chi connectivity index (χ2v) is 7.17. The summed E-state index contributed by atoms with van der Waals surface area (Å²) in [4.78, 5) is 0.126. The minimum Gasteiger partial charge on any atom is -0.493 e. The Kier molecular flexibility index (Phi) is 4.71. The lowest BCUT2D eigenvalue weighted by Gasteiger charge is -2.11. The largest absolute Gasteiger partial charge is 0.493 e. The van der Waals surface area contributed by atoms with Crippen LogP contribution in [0.4, 0.5) is 0 Å². The van der Waals surface area contributed by atoms with E-state index in [1.54, 1.807) is 19.1 Å². The van der Waals surface area contributed by atoms with Gasteiger partial charge in [0.1, 0.15) is 5.75 Å². The van der Waals surface area contributed by atoms with E-state index in [9.17, 15) is 8.42 Å².